The molecule has 0 saturated heterocycles. The van der Waals surface area contributed by atoms with Crippen LogP contribution in [0.4, 0.5) is 0 Å². The fourth-order valence-corrected chi connectivity index (χ4v) is 3.00. The van der Waals surface area contributed by atoms with Crippen molar-refractivity contribution in [2.45, 2.75) is 20.5 Å². The Morgan fingerprint density at radius 2 is 1.91 bits per heavy atom. The van der Waals surface area contributed by atoms with Gasteiger partial charge in [-0.25, -0.2) is 0 Å². The van der Waals surface area contributed by atoms with Crippen LogP contribution in [0.25, 0.3) is 6.08 Å². The van der Waals surface area contributed by atoms with Gasteiger partial charge >= 0.3 is 0 Å². The van der Waals surface area contributed by atoms with Crippen LogP contribution in [0, 0.1) is 13.8 Å². The fourth-order valence-electron chi connectivity index (χ4n) is 2.87. The van der Waals surface area contributed by atoms with Gasteiger partial charge in [-0.2, -0.15) is 0 Å². The number of carbonyl (C=O) groups excluding carboxylic acids is 1. The Kier molecular flexibility index (Phi) is 8.16. The zero-order valence-corrected chi connectivity index (χ0v) is 18.9. The van der Waals surface area contributed by atoms with Crippen molar-refractivity contribution in [3.05, 3.63) is 76.1 Å². The topological polar surface area (TPSA) is 82.8 Å². The normalized spacial score (nSPS) is 10.9. The zero-order chi connectivity index (χ0) is 22.9. The number of methoxy groups -OCH3 is 1. The lowest BCUT2D eigenvalue weighted by atomic mass is 10.2. The van der Waals surface area contributed by atoms with Gasteiger partial charge in [0.1, 0.15) is 24.7 Å². The minimum Gasteiger partial charge on any atom is -0.493 e. The monoisotopic (exact) mass is 456 g/mol. The van der Waals surface area contributed by atoms with Gasteiger partial charge < -0.3 is 24.1 Å². The third kappa shape index (κ3) is 6.52. The summed E-state index contributed by atoms with van der Waals surface area (Å²) in [6.07, 6.45) is 3.16. The number of amides is 1. The number of aryl methyl sites for hydroxylation is 2. The fraction of sp³-hybridized carbons (Fsp3) is 0.250. The van der Waals surface area contributed by atoms with E-state index < -0.39 is 0 Å². The molecule has 168 valence electrons. The van der Waals surface area contributed by atoms with Gasteiger partial charge in [-0.1, -0.05) is 22.8 Å². The van der Waals surface area contributed by atoms with Crippen LogP contribution in [0.1, 0.15) is 22.6 Å². The van der Waals surface area contributed by atoms with Crippen LogP contribution in [-0.2, 0) is 11.4 Å². The lowest BCUT2D eigenvalue weighted by Gasteiger charge is -2.11. The molecule has 1 N–H and O–H groups in total. The second kappa shape index (κ2) is 11.2. The summed E-state index contributed by atoms with van der Waals surface area (Å²) >= 11 is 5.83. The summed E-state index contributed by atoms with van der Waals surface area (Å²) in [5, 5.41) is 7.34. The van der Waals surface area contributed by atoms with Crippen LogP contribution >= 0.6 is 11.6 Å². The third-order valence-electron chi connectivity index (χ3n) is 4.65. The van der Waals surface area contributed by atoms with E-state index in [1.54, 1.807) is 49.6 Å². The third-order valence-corrected chi connectivity index (χ3v) is 4.90. The first-order valence-corrected chi connectivity index (χ1v) is 10.4. The Labute approximate surface area is 191 Å². The number of aromatic nitrogens is 1. The highest BCUT2D eigenvalue weighted by molar-refractivity contribution is 6.30. The second-order valence-corrected chi connectivity index (χ2v) is 7.36. The van der Waals surface area contributed by atoms with Crippen molar-refractivity contribution in [2.24, 2.45) is 0 Å². The molecule has 0 saturated carbocycles. The number of nitrogens with one attached hydrogen (secondary N) is 1. The van der Waals surface area contributed by atoms with Crippen molar-refractivity contribution in [2.75, 3.05) is 20.3 Å². The summed E-state index contributed by atoms with van der Waals surface area (Å²) in [4.78, 5) is 12.0. The van der Waals surface area contributed by atoms with Gasteiger partial charge in [0.25, 0.3) is 0 Å². The molecule has 1 amide bonds. The predicted octanol–water partition coefficient (Wildman–Crippen LogP) is 4.74. The van der Waals surface area contributed by atoms with E-state index in [0.29, 0.717) is 42.0 Å². The quantitative estimate of drug-likeness (QED) is 0.350. The largest absolute Gasteiger partial charge is 0.493 e. The predicted molar refractivity (Wildman–Crippen MR) is 122 cm³/mol. The van der Waals surface area contributed by atoms with Gasteiger partial charge in [-0.15, -0.1) is 0 Å². The van der Waals surface area contributed by atoms with Gasteiger partial charge in [0.2, 0.25) is 5.91 Å². The molecule has 1 aromatic heterocycles. The van der Waals surface area contributed by atoms with Crippen LogP contribution in [-0.4, -0.2) is 31.3 Å². The van der Waals surface area contributed by atoms with E-state index in [9.17, 15) is 4.79 Å². The highest BCUT2D eigenvalue weighted by Gasteiger charge is 2.12. The first-order valence-electron chi connectivity index (χ1n) is 10.0. The van der Waals surface area contributed by atoms with E-state index >= 15 is 0 Å². The minimum absolute atomic E-state index is 0.220. The number of benzene rings is 2. The van der Waals surface area contributed by atoms with E-state index in [-0.39, 0.29) is 5.91 Å². The lowest BCUT2D eigenvalue weighted by Crippen LogP contribution is -2.26. The lowest BCUT2D eigenvalue weighted by molar-refractivity contribution is -0.116. The average molecular weight is 457 g/mol. The summed E-state index contributed by atoms with van der Waals surface area (Å²) in [7, 11) is 1.57. The minimum atomic E-state index is -0.220. The van der Waals surface area contributed by atoms with Gasteiger partial charge in [-0.3, -0.25) is 4.79 Å². The molecule has 0 aliphatic rings. The molecule has 3 rings (SSSR count). The summed E-state index contributed by atoms with van der Waals surface area (Å²) in [6.45, 7) is 4.77. The van der Waals surface area contributed by atoms with Crippen molar-refractivity contribution >= 4 is 23.6 Å². The molecule has 0 spiro atoms. The Morgan fingerprint density at radius 3 is 2.59 bits per heavy atom. The molecule has 0 bridgehead atoms. The van der Waals surface area contributed by atoms with Gasteiger partial charge in [-0.05, 0) is 61.9 Å². The smallest absolute Gasteiger partial charge is 0.244 e. The highest BCUT2D eigenvalue weighted by Crippen LogP contribution is 2.30. The molecule has 0 aliphatic heterocycles. The van der Waals surface area contributed by atoms with Gasteiger partial charge in [0.05, 0.1) is 24.9 Å². The molecule has 0 aliphatic carbocycles. The molecule has 0 radical (unpaired) electrons. The molecule has 1 heterocycles. The SMILES string of the molecule is COc1cc(/C=C/C(=O)NCCOc2ccc(Cl)cc2)ccc1OCc1c(C)noc1C. The summed E-state index contributed by atoms with van der Waals surface area (Å²) in [6, 6.07) is 12.5. The number of hydrogen-bond donors (Lipinski definition) is 1. The van der Waals surface area contributed by atoms with Crippen molar-refractivity contribution in [3.63, 3.8) is 0 Å². The molecule has 0 unspecified atom stereocenters. The van der Waals surface area contributed by atoms with E-state index in [1.807, 2.05) is 19.9 Å². The van der Waals surface area contributed by atoms with Crippen LogP contribution in [0.15, 0.2) is 53.1 Å². The maximum absolute atomic E-state index is 12.0. The maximum atomic E-state index is 12.0. The van der Waals surface area contributed by atoms with E-state index in [4.69, 9.17) is 30.3 Å². The molecule has 2 aromatic carbocycles. The highest BCUT2D eigenvalue weighted by atomic mass is 35.5. The number of halogens is 1. The molecule has 0 fully saturated rings. The van der Waals surface area contributed by atoms with Gasteiger partial charge in [0, 0.05) is 11.1 Å². The molecule has 32 heavy (non-hydrogen) atoms. The molecular formula is C24H25ClN2O5. The van der Waals surface area contributed by atoms with Crippen LogP contribution in [0.3, 0.4) is 0 Å². The molecular weight excluding hydrogens is 432 g/mol. The Balaban J connectivity index is 1.49. The zero-order valence-electron chi connectivity index (χ0n) is 18.2. The molecule has 7 nitrogen and oxygen atoms in total. The number of hydrogen-bond acceptors (Lipinski definition) is 6. The summed E-state index contributed by atoms with van der Waals surface area (Å²) < 4.78 is 22.0. The van der Waals surface area contributed by atoms with Crippen molar-refractivity contribution in [1.29, 1.82) is 0 Å². The van der Waals surface area contributed by atoms with Crippen molar-refractivity contribution < 1.29 is 23.5 Å². The standard InChI is InChI=1S/C24H25ClN2O5/c1-16-21(17(2)32-27-16)15-31-22-10-4-18(14-23(22)29-3)5-11-24(28)26-12-13-30-20-8-6-19(25)7-9-20/h4-11,14H,12-13,15H2,1-3H3,(H,26,28)/b11-5+. The first-order chi connectivity index (χ1) is 15.5. The van der Waals surface area contributed by atoms with E-state index in [0.717, 1.165) is 22.6 Å². The van der Waals surface area contributed by atoms with E-state index in [1.165, 1.54) is 6.08 Å². The molecule has 0 atom stereocenters. The Hall–Kier alpha value is -3.45. The maximum Gasteiger partial charge on any atom is 0.244 e. The van der Waals surface area contributed by atoms with Crippen LogP contribution in [0.2, 0.25) is 5.02 Å². The number of nitrogens with zero attached hydrogens (tertiary/aromatic N) is 1. The molecule has 8 heteroatoms. The average Bonchev–Trinajstić information content (AvgIpc) is 3.12. The number of rotatable bonds is 10. The van der Waals surface area contributed by atoms with Gasteiger partial charge in [0.15, 0.2) is 11.5 Å². The second-order valence-electron chi connectivity index (χ2n) is 6.93. The van der Waals surface area contributed by atoms with Crippen molar-refractivity contribution in [3.8, 4) is 17.2 Å². The summed E-state index contributed by atoms with van der Waals surface area (Å²) in [5.41, 5.74) is 2.51. The Morgan fingerprint density at radius 1 is 1.12 bits per heavy atom. The molecule has 3 aromatic rings. The van der Waals surface area contributed by atoms with E-state index in [2.05, 4.69) is 10.5 Å². The van der Waals surface area contributed by atoms with Crippen LogP contribution in [0.5, 0.6) is 17.2 Å². The Bertz CT molecular complexity index is 1060. The number of ether oxygens (including phenoxy) is 3. The summed E-state index contributed by atoms with van der Waals surface area (Å²) in [5.74, 6) is 2.36. The van der Waals surface area contributed by atoms with Crippen molar-refractivity contribution in [1.82, 2.24) is 10.5 Å². The number of carbonyl (C=O) groups is 1. The first kappa shape index (κ1) is 23.2. The van der Waals surface area contributed by atoms with Crippen LogP contribution < -0.4 is 19.5 Å².